The van der Waals surface area contributed by atoms with Crippen molar-refractivity contribution >= 4 is 54.1 Å². The average molecular weight is 700 g/mol. The summed E-state index contributed by atoms with van der Waals surface area (Å²) >= 11 is 0. The molecule has 11 aromatic rings. The van der Waals surface area contributed by atoms with E-state index < -0.39 is 0 Å². The summed E-state index contributed by atoms with van der Waals surface area (Å²) in [6.45, 7) is 0. The van der Waals surface area contributed by atoms with Crippen molar-refractivity contribution in [3.63, 3.8) is 0 Å². The summed E-state index contributed by atoms with van der Waals surface area (Å²) < 4.78 is 2.36. The molecule has 0 aliphatic rings. The largest absolute Gasteiger partial charge is 0.309 e. The summed E-state index contributed by atoms with van der Waals surface area (Å²) in [7, 11) is 0. The molecule has 55 heavy (non-hydrogen) atoms. The average Bonchev–Trinajstić information content (AvgIpc) is 3.61. The van der Waals surface area contributed by atoms with E-state index in [2.05, 4.69) is 199 Å². The molecule has 0 fully saturated rings. The van der Waals surface area contributed by atoms with Gasteiger partial charge in [-0.1, -0.05) is 170 Å². The van der Waals surface area contributed by atoms with Crippen molar-refractivity contribution in [2.24, 2.45) is 0 Å². The quantitative estimate of drug-likeness (QED) is 0.132. The third-order valence-corrected chi connectivity index (χ3v) is 11.0. The van der Waals surface area contributed by atoms with Gasteiger partial charge in [0.2, 0.25) is 0 Å². The molecule has 9 aromatic carbocycles. The number of hydrogen-bond donors (Lipinski definition) is 0. The van der Waals surface area contributed by atoms with E-state index in [9.17, 15) is 0 Å². The minimum Gasteiger partial charge on any atom is -0.309 e. The summed E-state index contributed by atoms with van der Waals surface area (Å²) in [6.07, 6.45) is 0. The van der Waals surface area contributed by atoms with Crippen LogP contribution >= 0.6 is 0 Å². The second kappa shape index (κ2) is 12.6. The molecule has 0 aliphatic heterocycles. The van der Waals surface area contributed by atoms with E-state index in [4.69, 9.17) is 9.97 Å². The van der Waals surface area contributed by atoms with Gasteiger partial charge >= 0.3 is 0 Å². The molecule has 3 nitrogen and oxygen atoms in total. The molecule has 0 unspecified atom stereocenters. The van der Waals surface area contributed by atoms with Gasteiger partial charge in [-0.2, -0.15) is 0 Å². The van der Waals surface area contributed by atoms with Gasteiger partial charge in [-0.15, -0.1) is 0 Å². The van der Waals surface area contributed by atoms with Gasteiger partial charge in [-0.25, -0.2) is 9.97 Å². The van der Waals surface area contributed by atoms with Crippen LogP contribution in [0.15, 0.2) is 200 Å². The normalized spacial score (nSPS) is 11.6. The topological polar surface area (TPSA) is 30.7 Å². The Morgan fingerprint density at radius 1 is 0.345 bits per heavy atom. The summed E-state index contributed by atoms with van der Waals surface area (Å²) in [5.41, 5.74) is 10.8. The smallest absolute Gasteiger partial charge is 0.160 e. The standard InChI is InChI=1S/C52H33N3/c1-4-18-35(19-5-1)48-39-25-12-13-26-40(39)51(50-38-24-11-10-17-34(38)31-32-43(48)50)45-33-44(53-52(54-45)36-20-6-2-7-21-36)41-28-16-30-47-49(41)42-27-14-15-29-46(42)55(47)37-22-8-3-9-23-37/h1-33H. The van der Waals surface area contributed by atoms with Crippen LogP contribution in [0.4, 0.5) is 0 Å². The Kier molecular flexibility index (Phi) is 7.17. The van der Waals surface area contributed by atoms with Crippen LogP contribution in [-0.4, -0.2) is 14.5 Å². The number of rotatable bonds is 5. The lowest BCUT2D eigenvalue weighted by Crippen LogP contribution is -1.99. The number of nitrogens with zero attached hydrogens (tertiary/aromatic N) is 3. The molecule has 0 spiro atoms. The lowest BCUT2D eigenvalue weighted by atomic mass is 9.85. The van der Waals surface area contributed by atoms with Crippen LogP contribution in [-0.2, 0) is 0 Å². The second-order valence-electron chi connectivity index (χ2n) is 14.1. The molecule has 0 amide bonds. The number of para-hydroxylation sites is 2. The summed E-state index contributed by atoms with van der Waals surface area (Å²) in [6, 6.07) is 71.4. The zero-order chi connectivity index (χ0) is 36.3. The SMILES string of the molecule is c1ccc(-c2nc(-c3c4ccccc4c(-c4ccccc4)c4ccc5ccccc5c34)cc(-c3cccc4c3c3ccccc3n4-c3ccccc3)n2)cc1. The van der Waals surface area contributed by atoms with Crippen LogP contribution in [0.25, 0.3) is 105 Å². The Bertz CT molecular complexity index is 3240. The van der Waals surface area contributed by atoms with E-state index in [0.717, 1.165) is 50.2 Å². The number of hydrogen-bond acceptors (Lipinski definition) is 2. The van der Waals surface area contributed by atoms with Crippen LogP contribution in [0.2, 0.25) is 0 Å². The van der Waals surface area contributed by atoms with E-state index in [0.29, 0.717) is 5.82 Å². The number of fused-ring (bicyclic) bond motifs is 7. The Morgan fingerprint density at radius 3 is 1.69 bits per heavy atom. The molecule has 0 bridgehead atoms. The highest BCUT2D eigenvalue weighted by Gasteiger charge is 2.23. The van der Waals surface area contributed by atoms with Crippen LogP contribution in [0.3, 0.4) is 0 Å². The Balaban J connectivity index is 1.29. The minimum atomic E-state index is 0.696. The zero-order valence-electron chi connectivity index (χ0n) is 29.9. The maximum atomic E-state index is 5.49. The molecule has 0 atom stereocenters. The highest BCUT2D eigenvalue weighted by Crippen LogP contribution is 2.47. The molecule has 2 heterocycles. The fourth-order valence-corrected chi connectivity index (χ4v) is 8.65. The van der Waals surface area contributed by atoms with Crippen LogP contribution < -0.4 is 0 Å². The molecule has 0 N–H and O–H groups in total. The van der Waals surface area contributed by atoms with Crippen molar-refractivity contribution in [1.82, 2.24) is 14.5 Å². The van der Waals surface area contributed by atoms with Crippen LogP contribution in [0.5, 0.6) is 0 Å². The van der Waals surface area contributed by atoms with Crippen molar-refractivity contribution in [2.75, 3.05) is 0 Å². The molecule has 3 heteroatoms. The number of aromatic nitrogens is 3. The first-order chi connectivity index (χ1) is 27.3. The van der Waals surface area contributed by atoms with Gasteiger partial charge < -0.3 is 4.57 Å². The summed E-state index contributed by atoms with van der Waals surface area (Å²) in [5.74, 6) is 0.696. The van der Waals surface area contributed by atoms with Gasteiger partial charge in [0, 0.05) is 38.5 Å². The second-order valence-corrected chi connectivity index (χ2v) is 14.1. The van der Waals surface area contributed by atoms with E-state index >= 15 is 0 Å². The lowest BCUT2D eigenvalue weighted by molar-refractivity contribution is 1.18. The van der Waals surface area contributed by atoms with Crippen molar-refractivity contribution in [3.05, 3.63) is 200 Å². The predicted molar refractivity (Wildman–Crippen MR) is 231 cm³/mol. The van der Waals surface area contributed by atoms with Gasteiger partial charge in [-0.05, 0) is 68.4 Å². The van der Waals surface area contributed by atoms with Crippen molar-refractivity contribution in [2.45, 2.75) is 0 Å². The minimum absolute atomic E-state index is 0.696. The summed E-state index contributed by atoms with van der Waals surface area (Å²) in [5, 5.41) is 9.51. The van der Waals surface area contributed by atoms with Gasteiger partial charge in [0.05, 0.1) is 22.4 Å². The summed E-state index contributed by atoms with van der Waals surface area (Å²) in [4.78, 5) is 10.9. The first-order valence-corrected chi connectivity index (χ1v) is 18.8. The molecular formula is C52H33N3. The highest BCUT2D eigenvalue weighted by atomic mass is 15.0. The number of benzene rings is 9. The monoisotopic (exact) mass is 699 g/mol. The maximum Gasteiger partial charge on any atom is 0.160 e. The highest BCUT2D eigenvalue weighted by molar-refractivity contribution is 6.28. The van der Waals surface area contributed by atoms with E-state index in [1.54, 1.807) is 0 Å². The molecule has 0 radical (unpaired) electrons. The zero-order valence-corrected chi connectivity index (χ0v) is 29.9. The fourth-order valence-electron chi connectivity index (χ4n) is 8.65. The van der Waals surface area contributed by atoms with Crippen molar-refractivity contribution < 1.29 is 0 Å². The lowest BCUT2D eigenvalue weighted by Gasteiger charge is -2.20. The van der Waals surface area contributed by atoms with Crippen LogP contribution in [0, 0.1) is 0 Å². The maximum absolute atomic E-state index is 5.49. The Morgan fingerprint density at radius 2 is 0.927 bits per heavy atom. The molecule has 0 aliphatic carbocycles. The molecule has 11 rings (SSSR count). The van der Waals surface area contributed by atoms with Crippen molar-refractivity contribution in [1.29, 1.82) is 0 Å². The third kappa shape index (κ3) is 4.98. The van der Waals surface area contributed by atoms with Gasteiger partial charge in [0.15, 0.2) is 5.82 Å². The first-order valence-electron chi connectivity index (χ1n) is 18.8. The van der Waals surface area contributed by atoms with Gasteiger partial charge in [0.1, 0.15) is 0 Å². The predicted octanol–water partition coefficient (Wildman–Crippen LogP) is 13.7. The molecule has 0 saturated carbocycles. The third-order valence-electron chi connectivity index (χ3n) is 11.0. The van der Waals surface area contributed by atoms with Crippen molar-refractivity contribution in [3.8, 4) is 50.7 Å². The van der Waals surface area contributed by atoms with E-state index in [1.807, 2.05) is 6.07 Å². The molecule has 0 saturated heterocycles. The molecule has 2 aromatic heterocycles. The van der Waals surface area contributed by atoms with Crippen LogP contribution in [0.1, 0.15) is 0 Å². The van der Waals surface area contributed by atoms with E-state index in [1.165, 1.54) is 48.8 Å². The van der Waals surface area contributed by atoms with Gasteiger partial charge in [-0.3, -0.25) is 0 Å². The first kappa shape index (κ1) is 31.2. The van der Waals surface area contributed by atoms with Gasteiger partial charge in [0.25, 0.3) is 0 Å². The fraction of sp³-hybridized carbons (Fsp3) is 0. The Hall–Kier alpha value is -7.36. The van der Waals surface area contributed by atoms with E-state index in [-0.39, 0.29) is 0 Å². The Labute approximate surface area is 318 Å². The molecular weight excluding hydrogens is 667 g/mol. The molecule has 256 valence electrons.